The van der Waals surface area contributed by atoms with E-state index in [9.17, 15) is 9.59 Å². The van der Waals surface area contributed by atoms with Crippen LogP contribution >= 0.6 is 0 Å². The van der Waals surface area contributed by atoms with E-state index in [1.165, 1.54) is 5.56 Å². The molecule has 3 amide bonds. The smallest absolute Gasteiger partial charge is 0.321 e. The normalized spacial score (nSPS) is 17.7. The lowest BCUT2D eigenvalue weighted by atomic mass is 9.98. The second kappa shape index (κ2) is 7.99. The van der Waals surface area contributed by atoms with Crippen LogP contribution in [0.15, 0.2) is 18.2 Å². The summed E-state index contributed by atoms with van der Waals surface area (Å²) < 4.78 is 0. The van der Waals surface area contributed by atoms with E-state index in [-0.39, 0.29) is 11.9 Å². The van der Waals surface area contributed by atoms with Crippen molar-refractivity contribution in [2.24, 2.45) is 5.92 Å². The van der Waals surface area contributed by atoms with Gasteiger partial charge >= 0.3 is 6.03 Å². The fourth-order valence-corrected chi connectivity index (χ4v) is 2.95. The van der Waals surface area contributed by atoms with Crippen LogP contribution < -0.4 is 10.6 Å². The van der Waals surface area contributed by atoms with Crippen LogP contribution in [0.1, 0.15) is 37.3 Å². The number of amides is 3. The molecule has 1 aromatic carbocycles. The van der Waals surface area contributed by atoms with E-state index in [1.807, 2.05) is 37.8 Å². The lowest BCUT2D eigenvalue weighted by Crippen LogP contribution is -2.45. The van der Waals surface area contributed by atoms with Crippen molar-refractivity contribution in [3.63, 3.8) is 0 Å². The van der Waals surface area contributed by atoms with Gasteiger partial charge in [-0.1, -0.05) is 24.6 Å². The SMILES string of the molecule is CCC(=O)NC[C@@H]1CCCN(C(=O)Nc2ccc(C)cc2C)C1. The van der Waals surface area contributed by atoms with Crippen molar-refractivity contribution >= 4 is 17.6 Å². The van der Waals surface area contributed by atoms with Gasteiger partial charge in [0.2, 0.25) is 5.91 Å². The lowest BCUT2D eigenvalue weighted by Gasteiger charge is -2.33. The molecule has 0 aromatic heterocycles. The maximum absolute atomic E-state index is 12.5. The zero-order valence-corrected chi connectivity index (χ0v) is 14.3. The quantitative estimate of drug-likeness (QED) is 0.896. The molecular formula is C18H27N3O2. The Balaban J connectivity index is 1.90. The molecule has 0 radical (unpaired) electrons. The number of rotatable bonds is 4. The summed E-state index contributed by atoms with van der Waals surface area (Å²) in [5.74, 6) is 0.408. The number of anilines is 1. The molecule has 1 saturated heterocycles. The van der Waals surface area contributed by atoms with Crippen LogP contribution in [0.2, 0.25) is 0 Å². The largest absolute Gasteiger partial charge is 0.356 e. The van der Waals surface area contributed by atoms with Gasteiger partial charge in [0.05, 0.1) is 0 Å². The minimum Gasteiger partial charge on any atom is -0.356 e. The number of hydrogen-bond acceptors (Lipinski definition) is 2. The number of urea groups is 1. The number of likely N-dealkylation sites (tertiary alicyclic amines) is 1. The van der Waals surface area contributed by atoms with Crippen LogP contribution in [-0.2, 0) is 4.79 Å². The fourth-order valence-electron chi connectivity index (χ4n) is 2.95. The third-order valence-electron chi connectivity index (χ3n) is 4.34. The van der Waals surface area contributed by atoms with Crippen molar-refractivity contribution in [2.45, 2.75) is 40.0 Å². The molecule has 126 valence electrons. The first-order valence-electron chi connectivity index (χ1n) is 8.39. The van der Waals surface area contributed by atoms with Crippen molar-refractivity contribution in [2.75, 3.05) is 25.0 Å². The summed E-state index contributed by atoms with van der Waals surface area (Å²) in [6.07, 6.45) is 2.54. The minimum atomic E-state index is -0.0523. The van der Waals surface area contributed by atoms with Gasteiger partial charge in [-0.3, -0.25) is 4.79 Å². The van der Waals surface area contributed by atoms with Gasteiger partial charge in [-0.25, -0.2) is 4.79 Å². The third kappa shape index (κ3) is 4.98. The molecule has 1 atom stereocenters. The molecule has 1 aliphatic rings. The second-order valence-corrected chi connectivity index (χ2v) is 6.36. The van der Waals surface area contributed by atoms with Gasteiger partial charge in [0, 0.05) is 31.7 Å². The van der Waals surface area contributed by atoms with Gasteiger partial charge in [0.25, 0.3) is 0 Å². The van der Waals surface area contributed by atoms with Crippen LogP contribution in [-0.4, -0.2) is 36.5 Å². The van der Waals surface area contributed by atoms with Crippen molar-refractivity contribution in [1.82, 2.24) is 10.2 Å². The molecule has 1 aromatic rings. The predicted molar refractivity (Wildman–Crippen MR) is 92.5 cm³/mol. The lowest BCUT2D eigenvalue weighted by molar-refractivity contribution is -0.121. The Kier molecular flexibility index (Phi) is 6.02. The number of nitrogens with one attached hydrogen (secondary N) is 2. The van der Waals surface area contributed by atoms with Crippen LogP contribution in [0, 0.1) is 19.8 Å². The first-order valence-corrected chi connectivity index (χ1v) is 8.39. The minimum absolute atomic E-state index is 0.0523. The van der Waals surface area contributed by atoms with E-state index in [4.69, 9.17) is 0 Å². The number of piperidine rings is 1. The summed E-state index contributed by atoms with van der Waals surface area (Å²) in [4.78, 5) is 25.7. The molecule has 1 heterocycles. The molecule has 1 aliphatic heterocycles. The topological polar surface area (TPSA) is 61.4 Å². The van der Waals surface area contributed by atoms with Crippen molar-refractivity contribution < 1.29 is 9.59 Å². The van der Waals surface area contributed by atoms with Crippen LogP contribution in [0.4, 0.5) is 10.5 Å². The highest BCUT2D eigenvalue weighted by Gasteiger charge is 2.24. The number of aryl methyl sites for hydroxylation is 2. The molecule has 0 aliphatic carbocycles. The molecule has 23 heavy (non-hydrogen) atoms. The Bertz CT molecular complexity index is 571. The standard InChI is InChI=1S/C18H27N3O2/c1-4-17(22)19-11-15-6-5-9-21(12-15)18(23)20-16-8-7-13(2)10-14(16)3/h7-8,10,15H,4-6,9,11-12H2,1-3H3,(H,19,22)(H,20,23)/t15-/m0/s1. The van der Waals surface area contributed by atoms with Gasteiger partial charge < -0.3 is 15.5 Å². The molecule has 5 nitrogen and oxygen atoms in total. The summed E-state index contributed by atoms with van der Waals surface area (Å²) in [5, 5.41) is 5.93. The Labute approximate surface area is 138 Å². The average Bonchev–Trinajstić information content (AvgIpc) is 2.55. The summed E-state index contributed by atoms with van der Waals surface area (Å²) in [5.41, 5.74) is 3.12. The molecular weight excluding hydrogens is 290 g/mol. The van der Waals surface area contributed by atoms with E-state index in [0.717, 1.165) is 30.6 Å². The molecule has 1 fully saturated rings. The number of carbonyl (C=O) groups excluding carboxylic acids is 2. The summed E-state index contributed by atoms with van der Waals surface area (Å²) in [6, 6.07) is 5.96. The van der Waals surface area contributed by atoms with Gasteiger partial charge in [-0.2, -0.15) is 0 Å². The van der Waals surface area contributed by atoms with Gasteiger partial charge in [-0.05, 0) is 44.2 Å². The number of hydrogen-bond donors (Lipinski definition) is 2. The average molecular weight is 317 g/mol. The molecule has 0 spiro atoms. The van der Waals surface area contributed by atoms with Gasteiger partial charge in [0.15, 0.2) is 0 Å². The van der Waals surface area contributed by atoms with E-state index in [2.05, 4.69) is 16.7 Å². The predicted octanol–water partition coefficient (Wildman–Crippen LogP) is 3.07. The maximum atomic E-state index is 12.5. The number of carbonyl (C=O) groups is 2. The Morgan fingerprint density at radius 2 is 2.09 bits per heavy atom. The molecule has 0 saturated carbocycles. The Hall–Kier alpha value is -2.04. The van der Waals surface area contributed by atoms with Gasteiger partial charge in [-0.15, -0.1) is 0 Å². The summed E-state index contributed by atoms with van der Waals surface area (Å²) >= 11 is 0. The third-order valence-corrected chi connectivity index (χ3v) is 4.34. The molecule has 0 bridgehead atoms. The Morgan fingerprint density at radius 3 is 2.78 bits per heavy atom. The highest BCUT2D eigenvalue weighted by atomic mass is 16.2. The summed E-state index contributed by atoms with van der Waals surface area (Å²) in [6.45, 7) is 8.01. The Morgan fingerprint density at radius 1 is 1.30 bits per heavy atom. The van der Waals surface area contributed by atoms with E-state index in [0.29, 0.717) is 25.4 Å². The van der Waals surface area contributed by atoms with Crippen molar-refractivity contribution in [1.29, 1.82) is 0 Å². The van der Waals surface area contributed by atoms with Crippen LogP contribution in [0.25, 0.3) is 0 Å². The number of nitrogens with zero attached hydrogens (tertiary/aromatic N) is 1. The molecule has 2 N–H and O–H groups in total. The zero-order chi connectivity index (χ0) is 16.8. The summed E-state index contributed by atoms with van der Waals surface area (Å²) in [7, 11) is 0. The molecule has 2 rings (SSSR count). The highest BCUT2D eigenvalue weighted by Crippen LogP contribution is 2.20. The monoisotopic (exact) mass is 317 g/mol. The zero-order valence-electron chi connectivity index (χ0n) is 14.3. The van der Waals surface area contributed by atoms with Gasteiger partial charge in [0.1, 0.15) is 0 Å². The van der Waals surface area contributed by atoms with Crippen molar-refractivity contribution in [3.8, 4) is 0 Å². The first-order chi connectivity index (χ1) is 11.0. The second-order valence-electron chi connectivity index (χ2n) is 6.36. The number of benzene rings is 1. The van der Waals surface area contributed by atoms with Crippen LogP contribution in [0.5, 0.6) is 0 Å². The molecule has 0 unspecified atom stereocenters. The van der Waals surface area contributed by atoms with Crippen LogP contribution in [0.3, 0.4) is 0 Å². The van der Waals surface area contributed by atoms with Crippen molar-refractivity contribution in [3.05, 3.63) is 29.3 Å². The van der Waals surface area contributed by atoms with E-state index < -0.39 is 0 Å². The first kappa shape index (κ1) is 17.3. The molecule has 5 heteroatoms. The highest BCUT2D eigenvalue weighted by molar-refractivity contribution is 5.90. The van der Waals surface area contributed by atoms with E-state index in [1.54, 1.807) is 0 Å². The van der Waals surface area contributed by atoms with E-state index >= 15 is 0 Å². The fraction of sp³-hybridized carbons (Fsp3) is 0.556. The maximum Gasteiger partial charge on any atom is 0.321 e.